The Hall–Kier alpha value is -3.42. The Balaban J connectivity index is 1.07. The van der Waals surface area contributed by atoms with E-state index in [1.807, 2.05) is 25.7 Å². The van der Waals surface area contributed by atoms with Crippen LogP contribution in [-0.2, 0) is 11.3 Å². The van der Waals surface area contributed by atoms with E-state index in [4.69, 9.17) is 4.74 Å². The number of aliphatic hydroxyl groups excluding tert-OH is 1. The molecule has 2 saturated heterocycles. The number of rotatable bonds is 8. The van der Waals surface area contributed by atoms with E-state index in [-0.39, 0.29) is 30.7 Å². The third-order valence-electron chi connectivity index (χ3n) is 10.0. The molecule has 3 fully saturated rings. The molecule has 1 amide bonds. The lowest BCUT2D eigenvalue weighted by Crippen LogP contribution is -2.53. The van der Waals surface area contributed by atoms with Crippen molar-refractivity contribution in [2.24, 2.45) is 0 Å². The van der Waals surface area contributed by atoms with Crippen LogP contribution in [0.3, 0.4) is 0 Å². The molecule has 2 aliphatic heterocycles. The van der Waals surface area contributed by atoms with Gasteiger partial charge in [0, 0.05) is 87.8 Å². The first-order valence-corrected chi connectivity index (χ1v) is 17.7. The van der Waals surface area contributed by atoms with Crippen molar-refractivity contribution in [2.45, 2.75) is 102 Å². The molecule has 268 valence electrons. The highest BCUT2D eigenvalue weighted by Gasteiger charge is 2.31. The number of nitrogens with zero attached hydrogens (tertiary/aromatic N) is 6. The summed E-state index contributed by atoms with van der Waals surface area (Å²) < 4.78 is 45.9. The van der Waals surface area contributed by atoms with Gasteiger partial charge in [-0.15, -0.1) is 0 Å². The lowest BCUT2D eigenvalue weighted by Gasteiger charge is -2.42. The number of aromatic nitrogens is 3. The zero-order valence-corrected chi connectivity index (χ0v) is 28.9. The van der Waals surface area contributed by atoms with E-state index in [1.165, 1.54) is 5.56 Å². The first-order chi connectivity index (χ1) is 23.3. The Kier molecular flexibility index (Phi) is 10.7. The molecule has 2 N–H and O–H groups in total. The van der Waals surface area contributed by atoms with Crippen molar-refractivity contribution in [1.82, 2.24) is 29.2 Å². The monoisotopic (exact) mass is 685 g/mol. The molecule has 10 nitrogen and oxygen atoms in total. The third kappa shape index (κ3) is 9.23. The summed E-state index contributed by atoms with van der Waals surface area (Å²) in [5.41, 5.74) is 3.47. The Morgan fingerprint density at radius 3 is 2.24 bits per heavy atom. The van der Waals surface area contributed by atoms with E-state index in [2.05, 4.69) is 60.1 Å². The van der Waals surface area contributed by atoms with Gasteiger partial charge in [-0.3, -0.25) is 9.80 Å². The van der Waals surface area contributed by atoms with Crippen LogP contribution < -0.4 is 5.32 Å². The molecular weight excluding hydrogens is 635 g/mol. The van der Waals surface area contributed by atoms with Gasteiger partial charge < -0.3 is 24.6 Å². The topological polar surface area (TPSA) is 99.0 Å². The maximum absolute atomic E-state index is 12.7. The fourth-order valence-corrected chi connectivity index (χ4v) is 7.35. The number of benzene rings is 1. The molecule has 1 aliphatic carbocycles. The number of carbonyl (C=O) groups is 1. The molecule has 3 aliphatic rings. The van der Waals surface area contributed by atoms with Gasteiger partial charge in [0.25, 0.3) is 0 Å². The van der Waals surface area contributed by atoms with E-state index in [0.29, 0.717) is 24.5 Å². The fraction of sp³-hybridized carbons (Fsp3) is 0.639. The number of hydrogen-bond acceptors (Lipinski definition) is 8. The molecule has 49 heavy (non-hydrogen) atoms. The number of piperidine rings is 1. The second kappa shape index (κ2) is 14.8. The van der Waals surface area contributed by atoms with E-state index in [0.717, 1.165) is 88.0 Å². The number of carbonyl (C=O) groups excluding carboxylic acids is 1. The van der Waals surface area contributed by atoms with E-state index in [1.54, 1.807) is 6.20 Å². The number of alkyl halides is 3. The summed E-state index contributed by atoms with van der Waals surface area (Å²) in [6.45, 7) is 11.8. The zero-order valence-electron chi connectivity index (χ0n) is 28.9. The SMILES string of the molecule is CC(C)(C)OC(=O)N1CCC(N2CCN(Cc3ccc(-c4cn(C5CCC(O)CC5)c5nc(NCCC(F)(F)F)ncc45)cc3)CC2)CC1. The first-order valence-electron chi connectivity index (χ1n) is 17.7. The zero-order chi connectivity index (χ0) is 34.8. The largest absolute Gasteiger partial charge is 0.444 e. The summed E-state index contributed by atoms with van der Waals surface area (Å²) in [6.07, 6.45) is 3.05. The highest BCUT2D eigenvalue weighted by atomic mass is 19.4. The molecule has 1 aromatic carbocycles. The standard InChI is InChI=1S/C36H50F3N7O3/c1-35(2,3)49-34(48)45-16-12-27(13-17-45)44-20-18-43(19-21-44)23-25-4-6-26(7-5-25)31-24-46(28-8-10-29(47)11-9-28)32-30(31)22-41-33(42-32)40-15-14-36(37,38)39/h4-7,22,24,27-29,47H,8-21,23H2,1-3H3,(H,40,41,42). The van der Waals surface area contributed by atoms with Crippen LogP contribution in [0.1, 0.15) is 77.3 Å². The number of likely N-dealkylation sites (tertiary alicyclic amines) is 1. The van der Waals surface area contributed by atoms with Gasteiger partial charge in [0.05, 0.1) is 12.5 Å². The highest BCUT2D eigenvalue weighted by molar-refractivity contribution is 5.94. The van der Waals surface area contributed by atoms with Gasteiger partial charge >= 0.3 is 12.3 Å². The molecule has 4 heterocycles. The molecule has 0 radical (unpaired) electrons. The van der Waals surface area contributed by atoms with Crippen molar-refractivity contribution < 1.29 is 27.8 Å². The lowest BCUT2D eigenvalue weighted by molar-refractivity contribution is -0.131. The van der Waals surface area contributed by atoms with Crippen LogP contribution in [0.15, 0.2) is 36.7 Å². The highest BCUT2D eigenvalue weighted by Crippen LogP contribution is 2.37. The predicted octanol–water partition coefficient (Wildman–Crippen LogP) is 6.46. The molecule has 0 bridgehead atoms. The number of anilines is 1. The van der Waals surface area contributed by atoms with Crippen LogP contribution in [0.2, 0.25) is 0 Å². The Morgan fingerprint density at radius 2 is 1.61 bits per heavy atom. The molecule has 1 saturated carbocycles. The van der Waals surface area contributed by atoms with Crippen LogP contribution in [0.4, 0.5) is 23.9 Å². The van der Waals surface area contributed by atoms with Crippen molar-refractivity contribution >= 4 is 23.1 Å². The van der Waals surface area contributed by atoms with Crippen molar-refractivity contribution in [3.05, 3.63) is 42.2 Å². The van der Waals surface area contributed by atoms with E-state index in [9.17, 15) is 23.1 Å². The average Bonchev–Trinajstić information content (AvgIpc) is 3.43. The van der Waals surface area contributed by atoms with Gasteiger partial charge in [0.15, 0.2) is 0 Å². The molecule has 3 aromatic rings. The first kappa shape index (κ1) is 35.4. The van der Waals surface area contributed by atoms with Crippen molar-refractivity contribution in [3.63, 3.8) is 0 Å². The second-order valence-electron chi connectivity index (χ2n) is 14.8. The number of hydrogen-bond donors (Lipinski definition) is 2. The summed E-state index contributed by atoms with van der Waals surface area (Å²) in [7, 11) is 0. The molecular formula is C36H50F3N7O3. The molecule has 0 atom stereocenters. The summed E-state index contributed by atoms with van der Waals surface area (Å²) >= 11 is 0. The van der Waals surface area contributed by atoms with Crippen LogP contribution in [0, 0.1) is 0 Å². The Morgan fingerprint density at radius 1 is 0.939 bits per heavy atom. The number of aliphatic hydroxyl groups is 1. The molecule has 13 heteroatoms. The molecule has 2 aromatic heterocycles. The minimum Gasteiger partial charge on any atom is -0.444 e. The van der Waals surface area contributed by atoms with Gasteiger partial charge in [-0.25, -0.2) is 9.78 Å². The van der Waals surface area contributed by atoms with Gasteiger partial charge in [-0.1, -0.05) is 24.3 Å². The van der Waals surface area contributed by atoms with Crippen LogP contribution >= 0.6 is 0 Å². The summed E-state index contributed by atoms with van der Waals surface area (Å²) in [5.74, 6) is 0.181. The van der Waals surface area contributed by atoms with Gasteiger partial charge in [-0.05, 0) is 70.4 Å². The number of piperazine rings is 1. The number of nitrogens with one attached hydrogen (secondary N) is 1. The van der Waals surface area contributed by atoms with Crippen molar-refractivity contribution in [1.29, 1.82) is 0 Å². The normalized spacial score (nSPS) is 22.1. The van der Waals surface area contributed by atoms with Gasteiger partial charge in [0.1, 0.15) is 11.2 Å². The van der Waals surface area contributed by atoms with Crippen LogP contribution in [-0.4, -0.2) is 110 Å². The number of amides is 1. The van der Waals surface area contributed by atoms with Crippen LogP contribution in [0.5, 0.6) is 0 Å². The van der Waals surface area contributed by atoms with Crippen LogP contribution in [0.25, 0.3) is 22.2 Å². The maximum atomic E-state index is 12.7. The smallest absolute Gasteiger partial charge is 0.410 e. The van der Waals surface area contributed by atoms with E-state index >= 15 is 0 Å². The summed E-state index contributed by atoms with van der Waals surface area (Å²) in [5, 5.41) is 13.7. The maximum Gasteiger partial charge on any atom is 0.410 e. The van der Waals surface area contributed by atoms with Crippen molar-refractivity contribution in [2.75, 3.05) is 51.1 Å². The Labute approximate surface area is 286 Å². The quantitative estimate of drug-likeness (QED) is 0.279. The van der Waals surface area contributed by atoms with Gasteiger partial charge in [-0.2, -0.15) is 18.2 Å². The number of ether oxygens (including phenoxy) is 1. The molecule has 0 unspecified atom stereocenters. The average molecular weight is 686 g/mol. The molecule has 6 rings (SSSR count). The minimum atomic E-state index is -4.25. The number of halogens is 3. The number of fused-ring (bicyclic) bond motifs is 1. The minimum absolute atomic E-state index is 0.146. The molecule has 0 spiro atoms. The summed E-state index contributed by atoms with van der Waals surface area (Å²) in [4.78, 5) is 28.4. The lowest BCUT2D eigenvalue weighted by atomic mass is 9.93. The predicted molar refractivity (Wildman–Crippen MR) is 183 cm³/mol. The van der Waals surface area contributed by atoms with Crippen molar-refractivity contribution in [3.8, 4) is 11.1 Å². The summed E-state index contributed by atoms with van der Waals surface area (Å²) in [6, 6.07) is 9.24. The second-order valence-corrected chi connectivity index (χ2v) is 14.8. The third-order valence-corrected chi connectivity index (χ3v) is 10.0. The van der Waals surface area contributed by atoms with E-state index < -0.39 is 18.2 Å². The fourth-order valence-electron chi connectivity index (χ4n) is 7.35. The van der Waals surface area contributed by atoms with Gasteiger partial charge in [0.2, 0.25) is 5.95 Å². The Bertz CT molecular complexity index is 1550.